The van der Waals surface area contributed by atoms with E-state index in [1.165, 1.54) is 138 Å². The Balaban J connectivity index is 0.986. The van der Waals surface area contributed by atoms with Crippen molar-refractivity contribution in [2.45, 2.75) is 38.0 Å². The predicted octanol–water partition coefficient (Wildman–Crippen LogP) is 18.4. The fourth-order valence-electron chi connectivity index (χ4n) is 14.4. The highest BCUT2D eigenvalue weighted by Gasteiger charge is 2.52. The van der Waals surface area contributed by atoms with Gasteiger partial charge in [0.1, 0.15) is 0 Å². The van der Waals surface area contributed by atoms with E-state index in [2.05, 4.69) is 272 Å². The molecule has 0 N–H and O–H groups in total. The fraction of sp³-hybridized carbons (Fsp3) is 0.0833. The summed E-state index contributed by atoms with van der Waals surface area (Å²) in [4.78, 5) is 0. The Morgan fingerprint density at radius 3 is 1.91 bits per heavy atom. The van der Waals surface area contributed by atoms with Crippen molar-refractivity contribution in [3.05, 3.63) is 282 Å². The molecule has 9 aromatic carbocycles. The average Bonchev–Trinajstić information content (AvgIpc) is 4.36. The van der Waals surface area contributed by atoms with Crippen LogP contribution in [-0.4, -0.2) is 13.7 Å². The van der Waals surface area contributed by atoms with E-state index in [9.17, 15) is 0 Å². The monoisotopic (exact) mass is 957 g/mol. The van der Waals surface area contributed by atoms with Crippen LogP contribution in [0.1, 0.15) is 49.4 Å². The van der Waals surface area contributed by atoms with Crippen molar-refractivity contribution in [1.82, 2.24) is 13.7 Å². The molecule has 0 amide bonds. The summed E-state index contributed by atoms with van der Waals surface area (Å²) in [7, 11) is 0. The lowest BCUT2D eigenvalue weighted by molar-refractivity contribution is 0.630. The number of fused-ring (bicyclic) bond motifs is 17. The van der Waals surface area contributed by atoms with Crippen LogP contribution in [0.15, 0.2) is 259 Å². The Kier molecular flexibility index (Phi) is 8.58. The zero-order valence-electron chi connectivity index (χ0n) is 42.2. The predicted molar refractivity (Wildman–Crippen MR) is 315 cm³/mol. The molecule has 3 aliphatic carbocycles. The molecule has 75 heavy (non-hydrogen) atoms. The van der Waals surface area contributed by atoms with Gasteiger partial charge < -0.3 is 13.7 Å². The molecule has 0 radical (unpaired) electrons. The molecule has 12 aromatic rings. The molecular weight excluding hydrogens is 907 g/mol. The third kappa shape index (κ3) is 5.39. The first kappa shape index (κ1) is 42.3. The lowest BCUT2D eigenvalue weighted by Gasteiger charge is -2.34. The van der Waals surface area contributed by atoms with Crippen LogP contribution in [0.2, 0.25) is 0 Å². The minimum atomic E-state index is -0.540. The molecule has 1 unspecified atom stereocenters. The molecule has 4 aliphatic rings. The number of allylic oxidation sites excluding steroid dienone is 11. The molecule has 0 saturated carbocycles. The fourth-order valence-corrected chi connectivity index (χ4v) is 14.4. The van der Waals surface area contributed by atoms with Crippen molar-refractivity contribution in [2.75, 3.05) is 0 Å². The van der Waals surface area contributed by atoms with E-state index < -0.39 is 5.41 Å². The number of nitrogens with zero attached hydrogens (tertiary/aromatic N) is 3. The highest BCUT2D eigenvalue weighted by Crippen LogP contribution is 2.63. The van der Waals surface area contributed by atoms with Crippen molar-refractivity contribution in [3.8, 4) is 39.3 Å². The van der Waals surface area contributed by atoms with E-state index in [1.54, 1.807) is 0 Å². The number of para-hydroxylation sites is 4. The minimum Gasteiger partial charge on any atom is -0.309 e. The molecule has 354 valence electrons. The Morgan fingerprint density at radius 1 is 0.467 bits per heavy atom. The molecule has 3 aromatic heterocycles. The Morgan fingerprint density at radius 2 is 1.09 bits per heavy atom. The highest BCUT2D eigenvalue weighted by molar-refractivity contribution is 6.16. The van der Waals surface area contributed by atoms with Crippen LogP contribution in [-0.2, 0) is 10.8 Å². The Bertz CT molecular complexity index is 4720. The molecule has 16 rings (SSSR count). The second-order valence-electron chi connectivity index (χ2n) is 21.5. The lowest BCUT2D eigenvalue weighted by atomic mass is 9.68. The summed E-state index contributed by atoms with van der Waals surface area (Å²) in [6.07, 6.45) is 16.9. The van der Waals surface area contributed by atoms with Crippen LogP contribution in [0.3, 0.4) is 0 Å². The first-order chi connectivity index (χ1) is 36.9. The largest absolute Gasteiger partial charge is 0.309 e. The zero-order valence-corrected chi connectivity index (χ0v) is 42.2. The van der Waals surface area contributed by atoms with Gasteiger partial charge in [0.25, 0.3) is 0 Å². The Labute approximate surface area is 435 Å². The van der Waals surface area contributed by atoms with Gasteiger partial charge in [-0.1, -0.05) is 172 Å². The number of hydrogen-bond acceptors (Lipinski definition) is 0. The zero-order chi connectivity index (χ0) is 49.9. The third-order valence-corrected chi connectivity index (χ3v) is 17.5. The number of aromatic nitrogens is 3. The molecule has 0 bridgehead atoms. The first-order valence-electron chi connectivity index (χ1n) is 26.5. The van der Waals surface area contributed by atoms with E-state index in [1.807, 2.05) is 0 Å². The maximum Gasteiger partial charge on any atom is 0.0726 e. The van der Waals surface area contributed by atoms with Gasteiger partial charge in [0, 0.05) is 49.1 Å². The average molecular weight is 958 g/mol. The summed E-state index contributed by atoms with van der Waals surface area (Å²) >= 11 is 0. The molecule has 1 aliphatic heterocycles. The molecule has 4 heterocycles. The van der Waals surface area contributed by atoms with Crippen molar-refractivity contribution in [1.29, 1.82) is 0 Å². The molecule has 3 heteroatoms. The van der Waals surface area contributed by atoms with Gasteiger partial charge in [-0.2, -0.15) is 0 Å². The van der Waals surface area contributed by atoms with Crippen molar-refractivity contribution in [2.24, 2.45) is 0 Å². The van der Waals surface area contributed by atoms with Gasteiger partial charge in [0.2, 0.25) is 0 Å². The van der Waals surface area contributed by atoms with E-state index in [4.69, 9.17) is 0 Å². The molecule has 1 atom stereocenters. The quantitative estimate of drug-likeness (QED) is 0.163. The number of rotatable bonds is 5. The second-order valence-corrected chi connectivity index (χ2v) is 21.5. The van der Waals surface area contributed by atoms with Crippen molar-refractivity contribution < 1.29 is 0 Å². The standard InChI is InChI=1S/C72H51N3/c1-5-20-58-48(6-2)49-23-11-8-12-27-59(49)72(58)60-28-15-13-24-50(60)53-42-57-55-40-45(44-34-37-67-54(39-44)52-26-19-30-62-70(52)75(67)68-32-18-16-29-61(68)71(62,3)4)33-36-65(55)74(69(57)43-63(53)72)47-35-38-66-56(41-47)51-25-14-17-31-64(51)73(66)46-21-9-7-10-22-46/h5-7,9-43H,2,8H2,1,3-4H3/b20-5-. The van der Waals surface area contributed by atoms with Crippen molar-refractivity contribution in [3.63, 3.8) is 0 Å². The summed E-state index contributed by atoms with van der Waals surface area (Å²) in [6, 6.07) is 71.2. The van der Waals surface area contributed by atoms with Crippen LogP contribution >= 0.6 is 0 Å². The molecule has 3 nitrogen and oxygen atoms in total. The summed E-state index contributed by atoms with van der Waals surface area (Å²) in [5, 5.41) is 7.50. The normalized spacial score (nSPS) is 17.2. The van der Waals surface area contributed by atoms with Crippen LogP contribution < -0.4 is 0 Å². The molecule has 0 fully saturated rings. The van der Waals surface area contributed by atoms with Crippen molar-refractivity contribution >= 4 is 65.4 Å². The van der Waals surface area contributed by atoms with Gasteiger partial charge >= 0.3 is 0 Å². The summed E-state index contributed by atoms with van der Waals surface area (Å²) in [5.74, 6) is 0. The maximum atomic E-state index is 4.46. The van der Waals surface area contributed by atoms with Crippen LogP contribution in [0.5, 0.6) is 0 Å². The highest BCUT2D eigenvalue weighted by atomic mass is 15.0. The van der Waals surface area contributed by atoms with E-state index in [0.717, 1.165) is 17.8 Å². The van der Waals surface area contributed by atoms with Crippen LogP contribution in [0.4, 0.5) is 0 Å². The topological polar surface area (TPSA) is 14.8 Å². The first-order valence-corrected chi connectivity index (χ1v) is 26.5. The van der Waals surface area contributed by atoms with Gasteiger partial charge in [-0.3, -0.25) is 0 Å². The maximum absolute atomic E-state index is 4.46. The Hall–Kier alpha value is -9.18. The van der Waals surface area contributed by atoms with E-state index in [0.29, 0.717) is 0 Å². The van der Waals surface area contributed by atoms with Gasteiger partial charge in [-0.25, -0.2) is 0 Å². The molecule has 0 saturated heterocycles. The van der Waals surface area contributed by atoms with E-state index >= 15 is 0 Å². The minimum absolute atomic E-state index is 0.120. The molecular formula is C72H51N3. The summed E-state index contributed by atoms with van der Waals surface area (Å²) < 4.78 is 7.47. The van der Waals surface area contributed by atoms with Gasteiger partial charge in [0.15, 0.2) is 0 Å². The van der Waals surface area contributed by atoms with Gasteiger partial charge in [0.05, 0.1) is 44.2 Å². The smallest absolute Gasteiger partial charge is 0.0726 e. The third-order valence-electron chi connectivity index (χ3n) is 17.5. The summed E-state index contributed by atoms with van der Waals surface area (Å²) in [5.41, 5.74) is 25.6. The summed E-state index contributed by atoms with van der Waals surface area (Å²) in [6.45, 7) is 11.4. The van der Waals surface area contributed by atoms with E-state index in [-0.39, 0.29) is 5.41 Å². The molecule has 1 spiro atoms. The number of benzene rings is 9. The van der Waals surface area contributed by atoms with Gasteiger partial charge in [-0.05, 0) is 159 Å². The number of hydrogen-bond donors (Lipinski definition) is 0. The van der Waals surface area contributed by atoms with Crippen LogP contribution in [0.25, 0.3) is 105 Å². The van der Waals surface area contributed by atoms with Crippen LogP contribution in [0, 0.1) is 0 Å². The SMILES string of the molecule is C=CC1=C(/C=C\C)C2(C3=C1C=CCC=C3)c1ccccc1-c1cc3c4cc(-c5ccc6c(c5)c5cccc7c5n6-c5ccccc5C7(C)C)ccc4n(-c4ccc5c(c4)c4ccccc4n5-c4ccccc4)c3cc12. The van der Waals surface area contributed by atoms with Gasteiger partial charge in [-0.15, -0.1) is 0 Å². The lowest BCUT2D eigenvalue weighted by Crippen LogP contribution is -2.27. The second kappa shape index (κ2) is 15.2.